The average molecular weight is 436 g/mol. The lowest BCUT2D eigenvalue weighted by Gasteiger charge is -2.27. The van der Waals surface area contributed by atoms with E-state index in [1.165, 1.54) is 17.0 Å². The molecular weight excluding hydrogens is 414 g/mol. The SMILES string of the molecule is COc1ccc(CN2C(=O)C(O)=C(S(=O)(=O)c3ccccc3)[C@@H]2c2ccccc2)cc1. The number of rotatable bonds is 6. The van der Waals surface area contributed by atoms with Crippen LogP contribution in [0.4, 0.5) is 0 Å². The number of benzene rings is 3. The number of aliphatic hydroxyl groups excluding tert-OH is 1. The largest absolute Gasteiger partial charge is 0.502 e. The second-order valence-electron chi connectivity index (χ2n) is 7.12. The van der Waals surface area contributed by atoms with Gasteiger partial charge in [-0.25, -0.2) is 8.42 Å². The van der Waals surface area contributed by atoms with E-state index in [2.05, 4.69) is 0 Å². The molecule has 1 heterocycles. The summed E-state index contributed by atoms with van der Waals surface area (Å²) in [6.07, 6.45) is 0. The molecule has 1 aliphatic heterocycles. The van der Waals surface area contributed by atoms with Gasteiger partial charge in [-0.1, -0.05) is 60.7 Å². The molecule has 158 valence electrons. The summed E-state index contributed by atoms with van der Waals surface area (Å²) in [5.74, 6) is -0.796. The normalized spacial score (nSPS) is 16.6. The van der Waals surface area contributed by atoms with Crippen molar-refractivity contribution in [3.8, 4) is 5.75 Å². The van der Waals surface area contributed by atoms with E-state index < -0.39 is 27.5 Å². The molecule has 4 rings (SSSR count). The van der Waals surface area contributed by atoms with Crippen LogP contribution in [0.5, 0.6) is 5.75 Å². The first-order valence-corrected chi connectivity index (χ1v) is 11.1. The lowest BCUT2D eigenvalue weighted by molar-refractivity contribution is -0.130. The molecule has 0 aromatic heterocycles. The molecule has 31 heavy (non-hydrogen) atoms. The van der Waals surface area contributed by atoms with Crippen LogP contribution in [-0.4, -0.2) is 31.4 Å². The van der Waals surface area contributed by atoms with Gasteiger partial charge in [0.25, 0.3) is 5.91 Å². The second kappa shape index (κ2) is 8.28. The summed E-state index contributed by atoms with van der Waals surface area (Å²) < 4.78 is 32.1. The predicted molar refractivity (Wildman–Crippen MR) is 116 cm³/mol. The van der Waals surface area contributed by atoms with Gasteiger partial charge in [0.2, 0.25) is 9.84 Å². The molecule has 0 fully saturated rings. The highest BCUT2D eigenvalue weighted by atomic mass is 32.2. The highest BCUT2D eigenvalue weighted by Gasteiger charge is 2.46. The molecular formula is C24H21NO5S. The molecule has 7 heteroatoms. The molecule has 0 radical (unpaired) electrons. The van der Waals surface area contributed by atoms with Crippen molar-refractivity contribution in [1.82, 2.24) is 4.90 Å². The highest BCUT2D eigenvalue weighted by Crippen LogP contribution is 2.43. The van der Waals surface area contributed by atoms with Crippen molar-refractivity contribution in [1.29, 1.82) is 0 Å². The van der Waals surface area contributed by atoms with E-state index >= 15 is 0 Å². The number of amides is 1. The summed E-state index contributed by atoms with van der Waals surface area (Å²) in [7, 11) is -2.54. The van der Waals surface area contributed by atoms with Crippen LogP contribution in [0, 0.1) is 0 Å². The van der Waals surface area contributed by atoms with Gasteiger partial charge in [-0.15, -0.1) is 0 Å². The zero-order valence-corrected chi connectivity index (χ0v) is 17.6. The van der Waals surface area contributed by atoms with Gasteiger partial charge in [-0.2, -0.15) is 0 Å². The molecule has 3 aromatic carbocycles. The first kappa shape index (κ1) is 20.7. The fraction of sp³-hybridized carbons (Fsp3) is 0.125. The van der Waals surface area contributed by atoms with E-state index in [0.717, 1.165) is 5.56 Å². The Balaban J connectivity index is 1.81. The molecule has 1 amide bonds. The zero-order valence-electron chi connectivity index (χ0n) is 16.8. The summed E-state index contributed by atoms with van der Waals surface area (Å²) >= 11 is 0. The number of ether oxygens (including phenoxy) is 1. The average Bonchev–Trinajstić information content (AvgIpc) is 3.06. The number of nitrogens with zero attached hydrogens (tertiary/aromatic N) is 1. The number of methoxy groups -OCH3 is 1. The predicted octanol–water partition coefficient (Wildman–Crippen LogP) is 4.02. The van der Waals surface area contributed by atoms with Crippen LogP contribution in [0.2, 0.25) is 0 Å². The third-order valence-electron chi connectivity index (χ3n) is 5.23. The number of aliphatic hydroxyl groups is 1. The summed E-state index contributed by atoms with van der Waals surface area (Å²) in [4.78, 5) is 14.1. The van der Waals surface area contributed by atoms with Gasteiger partial charge in [-0.05, 0) is 35.4 Å². The van der Waals surface area contributed by atoms with Crippen molar-refractivity contribution in [2.24, 2.45) is 0 Å². The van der Waals surface area contributed by atoms with E-state index in [-0.39, 0.29) is 16.3 Å². The van der Waals surface area contributed by atoms with E-state index in [9.17, 15) is 18.3 Å². The lowest BCUT2D eigenvalue weighted by atomic mass is 10.1. The smallest absolute Gasteiger partial charge is 0.290 e. The first-order valence-electron chi connectivity index (χ1n) is 9.65. The van der Waals surface area contributed by atoms with Gasteiger partial charge < -0.3 is 14.7 Å². The van der Waals surface area contributed by atoms with Gasteiger partial charge in [0.1, 0.15) is 10.7 Å². The van der Waals surface area contributed by atoms with Gasteiger partial charge in [0, 0.05) is 6.54 Å². The van der Waals surface area contributed by atoms with Crippen LogP contribution >= 0.6 is 0 Å². The number of hydrogen-bond donors (Lipinski definition) is 1. The Labute approximate surface area is 180 Å². The Morgan fingerprint density at radius 2 is 1.48 bits per heavy atom. The quantitative estimate of drug-likeness (QED) is 0.632. The highest BCUT2D eigenvalue weighted by molar-refractivity contribution is 7.95. The van der Waals surface area contributed by atoms with Crippen molar-refractivity contribution >= 4 is 15.7 Å². The third-order valence-corrected chi connectivity index (χ3v) is 7.12. The van der Waals surface area contributed by atoms with Crippen LogP contribution in [-0.2, 0) is 21.2 Å². The summed E-state index contributed by atoms with van der Waals surface area (Å²) in [5.41, 5.74) is 1.38. The number of carbonyl (C=O) groups is 1. The Kier molecular flexibility index (Phi) is 5.52. The minimum Gasteiger partial charge on any atom is -0.502 e. The van der Waals surface area contributed by atoms with Gasteiger partial charge >= 0.3 is 0 Å². The van der Waals surface area contributed by atoms with Crippen LogP contribution < -0.4 is 4.74 Å². The van der Waals surface area contributed by atoms with Gasteiger partial charge in [0.15, 0.2) is 5.76 Å². The molecule has 0 saturated carbocycles. The number of carbonyl (C=O) groups excluding carboxylic acids is 1. The summed E-state index contributed by atoms with van der Waals surface area (Å²) in [6, 6.07) is 22.9. The zero-order chi connectivity index (χ0) is 22.0. The minimum atomic E-state index is -4.11. The van der Waals surface area contributed by atoms with Crippen molar-refractivity contribution in [2.75, 3.05) is 7.11 Å². The number of hydrogen-bond acceptors (Lipinski definition) is 5. The van der Waals surface area contributed by atoms with Gasteiger partial charge in [-0.3, -0.25) is 4.79 Å². The third kappa shape index (κ3) is 3.80. The molecule has 1 N–H and O–H groups in total. The fourth-order valence-electron chi connectivity index (χ4n) is 3.69. The fourth-order valence-corrected chi connectivity index (χ4v) is 5.36. The van der Waals surface area contributed by atoms with E-state index in [4.69, 9.17) is 4.74 Å². The van der Waals surface area contributed by atoms with Crippen LogP contribution in [0.15, 0.2) is 100 Å². The second-order valence-corrected chi connectivity index (χ2v) is 9.04. The molecule has 1 aliphatic rings. The number of sulfone groups is 1. The Morgan fingerprint density at radius 3 is 2.06 bits per heavy atom. The van der Waals surface area contributed by atoms with Gasteiger partial charge in [0.05, 0.1) is 18.0 Å². The Bertz CT molecular complexity index is 1220. The van der Waals surface area contributed by atoms with Crippen LogP contribution in [0.1, 0.15) is 17.2 Å². The van der Waals surface area contributed by atoms with E-state index in [1.807, 2.05) is 6.07 Å². The molecule has 0 spiro atoms. The molecule has 6 nitrogen and oxygen atoms in total. The molecule has 0 unspecified atom stereocenters. The van der Waals surface area contributed by atoms with Crippen LogP contribution in [0.25, 0.3) is 0 Å². The summed E-state index contributed by atoms with van der Waals surface area (Å²) in [6.45, 7) is 0.125. The molecule has 3 aromatic rings. The van der Waals surface area contributed by atoms with Crippen molar-refractivity contribution < 1.29 is 23.1 Å². The van der Waals surface area contributed by atoms with Crippen molar-refractivity contribution in [3.05, 3.63) is 107 Å². The standard InChI is InChI=1S/C24H21NO5S/c1-30-19-14-12-17(13-15-19)16-25-21(18-8-4-2-5-9-18)23(22(26)24(25)27)31(28,29)20-10-6-3-7-11-20/h2-15,21,26H,16H2,1H3/t21-/m0/s1. The molecule has 0 aliphatic carbocycles. The molecule has 0 bridgehead atoms. The van der Waals surface area contributed by atoms with E-state index in [0.29, 0.717) is 11.3 Å². The Morgan fingerprint density at radius 1 is 0.903 bits per heavy atom. The van der Waals surface area contributed by atoms with E-state index in [1.54, 1.807) is 73.8 Å². The lowest BCUT2D eigenvalue weighted by Crippen LogP contribution is -2.30. The Hall–Kier alpha value is -3.58. The minimum absolute atomic E-state index is 0.0246. The maximum Gasteiger partial charge on any atom is 0.290 e. The monoisotopic (exact) mass is 435 g/mol. The maximum atomic E-state index is 13.4. The van der Waals surface area contributed by atoms with Crippen LogP contribution in [0.3, 0.4) is 0 Å². The topological polar surface area (TPSA) is 83.9 Å². The molecule has 0 saturated heterocycles. The first-order chi connectivity index (χ1) is 14.9. The maximum absolute atomic E-state index is 13.4. The van der Waals surface area contributed by atoms with Crippen molar-refractivity contribution in [2.45, 2.75) is 17.5 Å². The van der Waals surface area contributed by atoms with Crippen molar-refractivity contribution in [3.63, 3.8) is 0 Å². The molecule has 1 atom stereocenters. The summed E-state index contributed by atoms with van der Waals surface area (Å²) in [5, 5.41) is 10.7.